The van der Waals surface area contributed by atoms with Crippen LogP contribution < -0.4 is 0 Å². The lowest BCUT2D eigenvalue weighted by Gasteiger charge is -2.37. The standard InChI is InChI=1S/C11H20BrNOS/c1-11(2)9-13(7-8-15-11)10(14)5-3-4-6-12/h3-9H2,1-2H3. The topological polar surface area (TPSA) is 20.3 Å². The smallest absolute Gasteiger partial charge is 0.222 e. The molecule has 0 aliphatic carbocycles. The van der Waals surface area contributed by atoms with Crippen LogP contribution in [0.25, 0.3) is 0 Å². The number of carbonyl (C=O) groups is 1. The fourth-order valence-corrected chi connectivity index (χ4v) is 3.27. The quantitative estimate of drug-likeness (QED) is 0.587. The highest BCUT2D eigenvalue weighted by molar-refractivity contribution is 9.09. The average Bonchev–Trinajstić information content (AvgIpc) is 2.16. The molecule has 1 aliphatic rings. The van der Waals surface area contributed by atoms with Gasteiger partial charge in [0.15, 0.2) is 0 Å². The van der Waals surface area contributed by atoms with E-state index in [1.54, 1.807) is 0 Å². The predicted molar refractivity (Wildman–Crippen MR) is 70.8 cm³/mol. The van der Waals surface area contributed by atoms with Crippen molar-refractivity contribution in [2.75, 3.05) is 24.2 Å². The summed E-state index contributed by atoms with van der Waals surface area (Å²) >= 11 is 5.35. The van der Waals surface area contributed by atoms with Gasteiger partial charge in [0.1, 0.15) is 0 Å². The van der Waals surface area contributed by atoms with E-state index in [0.29, 0.717) is 12.3 Å². The summed E-state index contributed by atoms with van der Waals surface area (Å²) in [6.45, 7) is 6.28. The number of rotatable bonds is 4. The second-order valence-electron chi connectivity index (χ2n) is 4.57. The minimum atomic E-state index is 0.239. The van der Waals surface area contributed by atoms with Crippen LogP contribution in [0, 0.1) is 0 Å². The minimum absolute atomic E-state index is 0.239. The summed E-state index contributed by atoms with van der Waals surface area (Å²) in [5.74, 6) is 1.42. The van der Waals surface area contributed by atoms with Gasteiger partial charge < -0.3 is 4.90 Å². The van der Waals surface area contributed by atoms with Crippen LogP contribution in [0.4, 0.5) is 0 Å². The molecule has 1 rings (SSSR count). The van der Waals surface area contributed by atoms with Crippen LogP contribution in [-0.2, 0) is 4.79 Å². The first-order valence-electron chi connectivity index (χ1n) is 5.53. The molecular weight excluding hydrogens is 274 g/mol. The van der Waals surface area contributed by atoms with E-state index in [4.69, 9.17) is 0 Å². The van der Waals surface area contributed by atoms with Gasteiger partial charge in [-0.05, 0) is 26.7 Å². The van der Waals surface area contributed by atoms with Gasteiger partial charge in [-0.3, -0.25) is 4.79 Å². The Kier molecular flexibility index (Phi) is 5.47. The molecule has 4 heteroatoms. The highest BCUT2D eigenvalue weighted by atomic mass is 79.9. The van der Waals surface area contributed by atoms with Crippen molar-refractivity contribution >= 4 is 33.6 Å². The number of carbonyl (C=O) groups excluding carboxylic acids is 1. The van der Waals surface area contributed by atoms with E-state index in [0.717, 1.165) is 37.0 Å². The predicted octanol–water partition coefficient (Wildman–Crippen LogP) is 2.91. The van der Waals surface area contributed by atoms with Crippen molar-refractivity contribution in [1.82, 2.24) is 4.90 Å². The number of hydrogen-bond donors (Lipinski definition) is 0. The molecule has 1 amide bonds. The molecule has 0 aromatic rings. The zero-order valence-corrected chi connectivity index (χ0v) is 12.0. The SMILES string of the molecule is CC1(C)CN(C(=O)CCCCBr)CCS1. The highest BCUT2D eigenvalue weighted by Crippen LogP contribution is 2.29. The number of thioether (sulfide) groups is 1. The Morgan fingerprint density at radius 3 is 2.80 bits per heavy atom. The first-order valence-corrected chi connectivity index (χ1v) is 7.63. The molecule has 0 radical (unpaired) electrons. The monoisotopic (exact) mass is 293 g/mol. The van der Waals surface area contributed by atoms with E-state index in [-0.39, 0.29) is 4.75 Å². The molecule has 0 aromatic heterocycles. The van der Waals surface area contributed by atoms with Crippen LogP contribution in [0.5, 0.6) is 0 Å². The summed E-state index contributed by atoms with van der Waals surface area (Å²) in [4.78, 5) is 13.9. The van der Waals surface area contributed by atoms with Crippen LogP contribution >= 0.6 is 27.7 Å². The number of hydrogen-bond acceptors (Lipinski definition) is 2. The summed E-state index contributed by atoms with van der Waals surface area (Å²) in [6.07, 6.45) is 2.82. The maximum absolute atomic E-state index is 11.9. The molecule has 1 heterocycles. The number of alkyl halides is 1. The minimum Gasteiger partial charge on any atom is -0.341 e. The van der Waals surface area contributed by atoms with Gasteiger partial charge in [0.05, 0.1) is 0 Å². The maximum Gasteiger partial charge on any atom is 0.222 e. The van der Waals surface area contributed by atoms with Gasteiger partial charge in [-0.1, -0.05) is 15.9 Å². The van der Waals surface area contributed by atoms with Crippen molar-refractivity contribution in [2.24, 2.45) is 0 Å². The van der Waals surface area contributed by atoms with E-state index in [1.165, 1.54) is 0 Å². The summed E-state index contributed by atoms with van der Waals surface area (Å²) in [5, 5.41) is 1.00. The summed E-state index contributed by atoms with van der Waals surface area (Å²) in [5.41, 5.74) is 0. The van der Waals surface area contributed by atoms with Crippen molar-refractivity contribution in [3.05, 3.63) is 0 Å². The third-order valence-electron chi connectivity index (χ3n) is 2.55. The fraction of sp³-hybridized carbons (Fsp3) is 0.909. The summed E-state index contributed by atoms with van der Waals surface area (Å²) < 4.78 is 0.239. The van der Waals surface area contributed by atoms with E-state index in [2.05, 4.69) is 29.8 Å². The Morgan fingerprint density at radius 1 is 1.47 bits per heavy atom. The lowest BCUT2D eigenvalue weighted by molar-refractivity contribution is -0.131. The van der Waals surface area contributed by atoms with Gasteiger partial charge in [0.2, 0.25) is 5.91 Å². The molecular formula is C11H20BrNOS. The molecule has 1 fully saturated rings. The van der Waals surface area contributed by atoms with Crippen molar-refractivity contribution in [3.63, 3.8) is 0 Å². The molecule has 88 valence electrons. The van der Waals surface area contributed by atoms with Crippen LogP contribution in [-0.4, -0.2) is 39.7 Å². The normalized spacial score (nSPS) is 20.3. The lowest BCUT2D eigenvalue weighted by atomic mass is 10.1. The van der Waals surface area contributed by atoms with Crippen LogP contribution in [0.2, 0.25) is 0 Å². The lowest BCUT2D eigenvalue weighted by Crippen LogP contribution is -2.46. The molecule has 0 spiro atoms. The third kappa shape index (κ3) is 4.77. The maximum atomic E-state index is 11.9. The molecule has 2 nitrogen and oxygen atoms in total. The van der Waals surface area contributed by atoms with Crippen LogP contribution in [0.15, 0.2) is 0 Å². The third-order valence-corrected chi connectivity index (χ3v) is 4.41. The number of unbranched alkanes of at least 4 members (excludes halogenated alkanes) is 1. The van der Waals surface area contributed by atoms with Crippen molar-refractivity contribution in [1.29, 1.82) is 0 Å². The molecule has 0 aromatic carbocycles. The summed E-state index contributed by atoms with van der Waals surface area (Å²) in [6, 6.07) is 0. The van der Waals surface area contributed by atoms with Crippen molar-refractivity contribution in [3.8, 4) is 0 Å². The molecule has 0 atom stereocenters. The van der Waals surface area contributed by atoms with E-state index < -0.39 is 0 Å². The largest absolute Gasteiger partial charge is 0.341 e. The van der Waals surface area contributed by atoms with Crippen LogP contribution in [0.1, 0.15) is 33.1 Å². The molecule has 0 saturated carbocycles. The summed E-state index contributed by atoms with van der Waals surface area (Å²) in [7, 11) is 0. The molecule has 0 unspecified atom stereocenters. The van der Waals surface area contributed by atoms with E-state index in [9.17, 15) is 4.79 Å². The average molecular weight is 294 g/mol. The Labute approximate surface area is 105 Å². The molecule has 15 heavy (non-hydrogen) atoms. The molecule has 1 saturated heterocycles. The van der Waals surface area contributed by atoms with Crippen molar-refractivity contribution < 1.29 is 4.79 Å². The number of amides is 1. The Bertz CT molecular complexity index is 221. The van der Waals surface area contributed by atoms with Gasteiger partial charge >= 0.3 is 0 Å². The van der Waals surface area contributed by atoms with Crippen molar-refractivity contribution in [2.45, 2.75) is 37.9 Å². The first kappa shape index (κ1) is 13.4. The van der Waals surface area contributed by atoms with Gasteiger partial charge in [0, 0.05) is 35.3 Å². The van der Waals surface area contributed by atoms with Gasteiger partial charge in [-0.25, -0.2) is 0 Å². The Morgan fingerprint density at radius 2 is 2.20 bits per heavy atom. The highest BCUT2D eigenvalue weighted by Gasteiger charge is 2.29. The molecule has 0 bridgehead atoms. The molecule has 0 N–H and O–H groups in total. The Balaban J connectivity index is 2.32. The number of halogens is 1. The van der Waals surface area contributed by atoms with Gasteiger partial charge in [-0.15, -0.1) is 0 Å². The van der Waals surface area contributed by atoms with Gasteiger partial charge in [0.25, 0.3) is 0 Å². The fourth-order valence-electron chi connectivity index (χ4n) is 1.76. The second-order valence-corrected chi connectivity index (χ2v) is 7.16. The van der Waals surface area contributed by atoms with Crippen LogP contribution in [0.3, 0.4) is 0 Å². The van der Waals surface area contributed by atoms with Gasteiger partial charge in [-0.2, -0.15) is 11.8 Å². The van der Waals surface area contributed by atoms with E-state index in [1.807, 2.05) is 16.7 Å². The Hall–Kier alpha value is 0.300. The second kappa shape index (κ2) is 6.14. The van der Waals surface area contributed by atoms with E-state index >= 15 is 0 Å². The first-order chi connectivity index (χ1) is 7.05. The zero-order chi connectivity index (χ0) is 11.3. The number of nitrogens with zero attached hydrogens (tertiary/aromatic N) is 1. The zero-order valence-electron chi connectivity index (χ0n) is 9.59. The molecule has 1 aliphatic heterocycles.